The van der Waals surface area contributed by atoms with E-state index in [0.717, 1.165) is 16.9 Å². The van der Waals surface area contributed by atoms with Gasteiger partial charge in [0.15, 0.2) is 0 Å². The van der Waals surface area contributed by atoms with Gasteiger partial charge in [-0.25, -0.2) is 0 Å². The minimum atomic E-state index is -0.101. The lowest BCUT2D eigenvalue weighted by Crippen LogP contribution is -2.29. The van der Waals surface area contributed by atoms with Crippen LogP contribution in [0.1, 0.15) is 28.9 Å². The molecule has 0 bridgehead atoms. The van der Waals surface area contributed by atoms with E-state index in [1.165, 1.54) is 0 Å². The Bertz CT molecular complexity index is 861. The number of carbonyl (C=O) groups is 1. The van der Waals surface area contributed by atoms with E-state index in [-0.39, 0.29) is 11.9 Å². The van der Waals surface area contributed by atoms with E-state index in [1.807, 2.05) is 43.3 Å². The lowest BCUT2D eigenvalue weighted by molar-refractivity contribution is 0.0743. The molecule has 6 heteroatoms. The van der Waals surface area contributed by atoms with Crippen LogP contribution in [0.5, 0.6) is 5.75 Å². The van der Waals surface area contributed by atoms with Crippen molar-refractivity contribution in [2.24, 2.45) is 0 Å². The molecule has 128 valence electrons. The molecule has 1 amide bonds. The molecule has 1 unspecified atom stereocenters. The van der Waals surface area contributed by atoms with Gasteiger partial charge in [0.1, 0.15) is 5.75 Å². The van der Waals surface area contributed by atoms with Crippen LogP contribution in [-0.2, 0) is 0 Å². The molecular formula is C19H20N4O2. The van der Waals surface area contributed by atoms with Crippen molar-refractivity contribution < 1.29 is 9.53 Å². The lowest BCUT2D eigenvalue weighted by atomic mass is 10.0. The number of benzene rings is 1. The second-order valence-corrected chi connectivity index (χ2v) is 5.76. The summed E-state index contributed by atoms with van der Waals surface area (Å²) in [6.07, 6.45) is 5.01. The van der Waals surface area contributed by atoms with E-state index >= 15 is 0 Å². The molecule has 0 spiro atoms. The van der Waals surface area contributed by atoms with Gasteiger partial charge in [-0.1, -0.05) is 12.1 Å². The first kappa shape index (κ1) is 16.7. The van der Waals surface area contributed by atoms with Crippen molar-refractivity contribution in [3.05, 3.63) is 66.1 Å². The number of hydrogen-bond donors (Lipinski definition) is 1. The Morgan fingerprint density at radius 2 is 2.00 bits per heavy atom. The van der Waals surface area contributed by atoms with Crippen LogP contribution in [0, 0.1) is 0 Å². The summed E-state index contributed by atoms with van der Waals surface area (Å²) in [6, 6.07) is 11.3. The summed E-state index contributed by atoms with van der Waals surface area (Å²) >= 11 is 0. The van der Waals surface area contributed by atoms with Gasteiger partial charge in [-0.2, -0.15) is 5.10 Å². The Balaban J connectivity index is 1.90. The molecule has 25 heavy (non-hydrogen) atoms. The first-order valence-corrected chi connectivity index (χ1v) is 7.96. The number of aromatic nitrogens is 3. The maximum absolute atomic E-state index is 13.0. The number of aromatic amines is 1. The molecule has 0 fully saturated rings. The number of H-pyrrole nitrogens is 1. The van der Waals surface area contributed by atoms with Crippen LogP contribution in [0.3, 0.4) is 0 Å². The summed E-state index contributed by atoms with van der Waals surface area (Å²) in [4.78, 5) is 18.7. The molecule has 1 atom stereocenters. The molecule has 0 aliphatic rings. The highest BCUT2D eigenvalue weighted by Gasteiger charge is 2.23. The van der Waals surface area contributed by atoms with E-state index in [1.54, 1.807) is 37.6 Å². The van der Waals surface area contributed by atoms with Gasteiger partial charge in [-0.15, -0.1) is 0 Å². The van der Waals surface area contributed by atoms with E-state index in [2.05, 4.69) is 15.2 Å². The molecule has 1 N–H and O–H groups in total. The number of amides is 1. The first-order valence-electron chi connectivity index (χ1n) is 7.96. The van der Waals surface area contributed by atoms with Crippen molar-refractivity contribution in [1.82, 2.24) is 20.1 Å². The SMILES string of the molecule is COc1cccc(-c2[nH]ncc2C(=O)N(C)C(C)c2ccncc2)c1. The first-order chi connectivity index (χ1) is 12.1. The number of ether oxygens (including phenoxy) is 1. The molecule has 0 aliphatic heterocycles. The van der Waals surface area contributed by atoms with Gasteiger partial charge in [0.05, 0.1) is 30.6 Å². The highest BCUT2D eigenvalue weighted by molar-refractivity contribution is 5.99. The summed E-state index contributed by atoms with van der Waals surface area (Å²) in [6.45, 7) is 1.98. The fourth-order valence-corrected chi connectivity index (χ4v) is 2.68. The fraction of sp³-hybridized carbons (Fsp3) is 0.211. The average Bonchev–Trinajstić information content (AvgIpc) is 3.16. The zero-order valence-electron chi connectivity index (χ0n) is 14.4. The predicted octanol–water partition coefficient (Wildman–Crippen LogP) is 3.31. The molecule has 3 rings (SSSR count). The Labute approximate surface area is 146 Å². The summed E-state index contributed by atoms with van der Waals surface area (Å²) < 4.78 is 5.26. The van der Waals surface area contributed by atoms with E-state index in [4.69, 9.17) is 4.74 Å². The molecule has 6 nitrogen and oxygen atoms in total. The van der Waals surface area contributed by atoms with Crippen LogP contribution in [0.15, 0.2) is 55.0 Å². The van der Waals surface area contributed by atoms with Crippen LogP contribution in [0.25, 0.3) is 11.3 Å². The Morgan fingerprint density at radius 1 is 1.24 bits per heavy atom. The largest absolute Gasteiger partial charge is 0.497 e. The van der Waals surface area contributed by atoms with Gasteiger partial charge in [-0.3, -0.25) is 14.9 Å². The number of rotatable bonds is 5. The molecule has 0 radical (unpaired) electrons. The Hall–Kier alpha value is -3.15. The number of nitrogens with one attached hydrogen (secondary N) is 1. The van der Waals surface area contributed by atoms with Gasteiger partial charge < -0.3 is 9.64 Å². The zero-order chi connectivity index (χ0) is 17.8. The van der Waals surface area contributed by atoms with Crippen molar-refractivity contribution >= 4 is 5.91 Å². The third kappa shape index (κ3) is 3.38. The standard InChI is InChI=1S/C19H20N4O2/c1-13(14-7-9-20-10-8-14)23(2)19(24)17-12-21-22-18(17)15-5-4-6-16(11-15)25-3/h4-13H,1-3H3,(H,21,22). The number of carbonyl (C=O) groups excluding carboxylic acids is 1. The smallest absolute Gasteiger partial charge is 0.257 e. The Kier molecular flexibility index (Phi) is 4.79. The number of pyridine rings is 1. The monoisotopic (exact) mass is 336 g/mol. The van der Waals surface area contributed by atoms with E-state index in [9.17, 15) is 4.79 Å². The minimum Gasteiger partial charge on any atom is -0.497 e. The van der Waals surface area contributed by atoms with Gasteiger partial charge in [-0.05, 0) is 36.8 Å². The molecule has 2 heterocycles. The van der Waals surface area contributed by atoms with Crippen molar-refractivity contribution in [3.63, 3.8) is 0 Å². The van der Waals surface area contributed by atoms with Crippen LogP contribution < -0.4 is 4.74 Å². The van der Waals surface area contributed by atoms with Crippen LogP contribution in [0.2, 0.25) is 0 Å². The molecule has 1 aromatic carbocycles. The molecule has 0 saturated heterocycles. The predicted molar refractivity (Wildman–Crippen MR) is 95.3 cm³/mol. The fourth-order valence-electron chi connectivity index (χ4n) is 2.68. The number of methoxy groups -OCH3 is 1. The van der Waals surface area contributed by atoms with E-state index in [0.29, 0.717) is 11.3 Å². The van der Waals surface area contributed by atoms with E-state index < -0.39 is 0 Å². The summed E-state index contributed by atoms with van der Waals surface area (Å²) in [7, 11) is 3.40. The highest BCUT2D eigenvalue weighted by atomic mass is 16.5. The van der Waals surface area contributed by atoms with Crippen LogP contribution >= 0.6 is 0 Å². The van der Waals surface area contributed by atoms with Gasteiger partial charge in [0.2, 0.25) is 0 Å². The van der Waals surface area contributed by atoms with Crippen LogP contribution in [0.4, 0.5) is 0 Å². The summed E-state index contributed by atoms with van der Waals surface area (Å²) in [5.74, 6) is 0.625. The number of nitrogens with zero attached hydrogens (tertiary/aromatic N) is 3. The lowest BCUT2D eigenvalue weighted by Gasteiger charge is -2.25. The summed E-state index contributed by atoms with van der Waals surface area (Å²) in [5.41, 5.74) is 3.08. The van der Waals surface area contributed by atoms with Crippen molar-refractivity contribution in [3.8, 4) is 17.0 Å². The van der Waals surface area contributed by atoms with Crippen LogP contribution in [-0.4, -0.2) is 40.1 Å². The second kappa shape index (κ2) is 7.17. The van der Waals surface area contributed by atoms with Gasteiger partial charge >= 0.3 is 0 Å². The average molecular weight is 336 g/mol. The Morgan fingerprint density at radius 3 is 2.72 bits per heavy atom. The van der Waals surface area contributed by atoms with Crippen molar-refractivity contribution in [2.45, 2.75) is 13.0 Å². The third-order valence-corrected chi connectivity index (χ3v) is 4.32. The molecular weight excluding hydrogens is 316 g/mol. The highest BCUT2D eigenvalue weighted by Crippen LogP contribution is 2.27. The van der Waals surface area contributed by atoms with Gasteiger partial charge in [0, 0.05) is 25.0 Å². The van der Waals surface area contributed by atoms with Crippen molar-refractivity contribution in [2.75, 3.05) is 14.2 Å². The molecule has 2 aromatic heterocycles. The topological polar surface area (TPSA) is 71.1 Å². The quantitative estimate of drug-likeness (QED) is 0.776. The minimum absolute atomic E-state index is 0.0800. The van der Waals surface area contributed by atoms with Crippen molar-refractivity contribution in [1.29, 1.82) is 0 Å². The molecule has 0 saturated carbocycles. The second-order valence-electron chi connectivity index (χ2n) is 5.76. The maximum atomic E-state index is 13.0. The molecule has 0 aliphatic carbocycles. The molecule has 3 aromatic rings. The third-order valence-electron chi connectivity index (χ3n) is 4.32. The number of hydrogen-bond acceptors (Lipinski definition) is 4. The normalized spacial score (nSPS) is 11.8. The zero-order valence-corrected chi connectivity index (χ0v) is 14.4. The maximum Gasteiger partial charge on any atom is 0.257 e. The van der Waals surface area contributed by atoms with Gasteiger partial charge in [0.25, 0.3) is 5.91 Å². The summed E-state index contributed by atoms with van der Waals surface area (Å²) in [5, 5.41) is 6.99.